The van der Waals surface area contributed by atoms with E-state index in [1.807, 2.05) is 0 Å². The zero-order chi connectivity index (χ0) is 12.6. The number of carboxylic acid groups (broad SMARTS) is 1. The average Bonchev–Trinajstić information content (AvgIpc) is 2.67. The summed E-state index contributed by atoms with van der Waals surface area (Å²) >= 11 is 5.84. The summed E-state index contributed by atoms with van der Waals surface area (Å²) in [7, 11) is 0. The molecule has 0 amide bonds. The number of nitrogens with zero attached hydrogens (tertiary/aromatic N) is 4. The lowest BCUT2D eigenvalue weighted by Crippen LogP contribution is -2.11. The first-order chi connectivity index (χ1) is 7.99. The van der Waals surface area contributed by atoms with E-state index in [2.05, 4.69) is 20.0 Å². The van der Waals surface area contributed by atoms with Crippen LogP contribution < -0.4 is 5.73 Å². The topological polar surface area (TPSA) is 114 Å². The number of hydrogen-bond acceptors (Lipinski definition) is 6. The number of halogens is 1. The first-order valence-corrected chi connectivity index (χ1v) is 5.00. The summed E-state index contributed by atoms with van der Waals surface area (Å²) < 4.78 is 0. The van der Waals surface area contributed by atoms with Crippen molar-refractivity contribution in [3.05, 3.63) is 16.5 Å². The molecule has 17 heavy (non-hydrogen) atoms. The minimum Gasteiger partial charge on any atom is -0.476 e. The number of aromatic carboxylic acids is 1. The van der Waals surface area contributed by atoms with Crippen LogP contribution in [0.3, 0.4) is 0 Å². The van der Waals surface area contributed by atoms with Gasteiger partial charge in [-0.3, -0.25) is 9.98 Å². The van der Waals surface area contributed by atoms with Crippen molar-refractivity contribution in [3.63, 3.8) is 0 Å². The van der Waals surface area contributed by atoms with E-state index in [1.165, 1.54) is 0 Å². The van der Waals surface area contributed by atoms with E-state index in [-0.39, 0.29) is 22.4 Å². The van der Waals surface area contributed by atoms with Crippen molar-refractivity contribution in [1.29, 1.82) is 0 Å². The number of rotatable bonds is 2. The second-order valence-corrected chi connectivity index (χ2v) is 3.72. The molecule has 0 radical (unpaired) electrons. The number of aromatic nitrogens is 2. The van der Waals surface area contributed by atoms with Gasteiger partial charge in [-0.05, 0) is 6.92 Å². The maximum absolute atomic E-state index is 10.8. The van der Waals surface area contributed by atoms with Gasteiger partial charge in [-0.15, -0.1) is 0 Å². The van der Waals surface area contributed by atoms with Crippen LogP contribution in [0.1, 0.15) is 29.3 Å². The molecule has 1 aliphatic rings. The van der Waals surface area contributed by atoms with Crippen LogP contribution in [-0.4, -0.2) is 33.0 Å². The SMILES string of the molecule is CC1=NC(c2nc(N)c(C(=O)O)nc2Cl)N=C1. The fourth-order valence-electron chi connectivity index (χ4n) is 1.33. The highest BCUT2D eigenvalue weighted by Gasteiger charge is 2.22. The number of aliphatic imine (C=N–C) groups is 2. The number of nitrogens with two attached hydrogens (primary N) is 1. The molecule has 1 aliphatic heterocycles. The van der Waals surface area contributed by atoms with Gasteiger partial charge in [0.1, 0.15) is 5.69 Å². The van der Waals surface area contributed by atoms with E-state index >= 15 is 0 Å². The molecule has 0 saturated carbocycles. The van der Waals surface area contributed by atoms with E-state index in [9.17, 15) is 4.79 Å². The van der Waals surface area contributed by atoms with Crippen LogP contribution in [0.15, 0.2) is 9.98 Å². The van der Waals surface area contributed by atoms with Crippen molar-refractivity contribution in [2.45, 2.75) is 13.1 Å². The highest BCUT2D eigenvalue weighted by molar-refractivity contribution is 6.31. The van der Waals surface area contributed by atoms with Gasteiger partial charge in [-0.2, -0.15) is 0 Å². The van der Waals surface area contributed by atoms with Crippen LogP contribution in [-0.2, 0) is 0 Å². The van der Waals surface area contributed by atoms with Gasteiger partial charge in [0.2, 0.25) is 0 Å². The Bertz CT molecular complexity index is 555. The van der Waals surface area contributed by atoms with E-state index in [0.717, 1.165) is 5.71 Å². The van der Waals surface area contributed by atoms with Gasteiger partial charge in [0.25, 0.3) is 0 Å². The van der Waals surface area contributed by atoms with Crippen LogP contribution >= 0.6 is 11.6 Å². The van der Waals surface area contributed by atoms with Crippen molar-refractivity contribution in [2.75, 3.05) is 5.73 Å². The number of carbonyl (C=O) groups is 1. The smallest absolute Gasteiger partial charge is 0.358 e. The van der Waals surface area contributed by atoms with Gasteiger partial charge < -0.3 is 10.8 Å². The standard InChI is InChI=1S/C9H8ClN5O2/c1-3-2-12-8(13-3)4-6(10)14-5(9(16)17)7(11)15-4/h2,8H,1H3,(H2,11,15)(H,16,17). The first-order valence-electron chi connectivity index (χ1n) is 4.63. The third-order valence-corrected chi connectivity index (χ3v) is 2.36. The van der Waals surface area contributed by atoms with Crippen molar-refractivity contribution in [1.82, 2.24) is 9.97 Å². The Labute approximate surface area is 101 Å². The molecule has 0 aliphatic carbocycles. The Hall–Kier alpha value is -2.02. The Morgan fingerprint density at radius 2 is 2.24 bits per heavy atom. The van der Waals surface area contributed by atoms with E-state index in [0.29, 0.717) is 0 Å². The summed E-state index contributed by atoms with van der Waals surface area (Å²) in [4.78, 5) is 26.5. The summed E-state index contributed by atoms with van der Waals surface area (Å²) in [6, 6.07) is 0. The molecule has 8 heteroatoms. The molecular formula is C9H8ClN5O2. The zero-order valence-electron chi connectivity index (χ0n) is 8.75. The molecule has 1 atom stereocenters. The van der Waals surface area contributed by atoms with Crippen LogP contribution in [0.4, 0.5) is 5.82 Å². The third kappa shape index (κ3) is 2.09. The van der Waals surface area contributed by atoms with Gasteiger partial charge in [0, 0.05) is 6.21 Å². The van der Waals surface area contributed by atoms with Crippen LogP contribution in [0.25, 0.3) is 0 Å². The highest BCUT2D eigenvalue weighted by Crippen LogP contribution is 2.27. The summed E-state index contributed by atoms with van der Waals surface area (Å²) in [6.45, 7) is 1.78. The van der Waals surface area contributed by atoms with Crippen LogP contribution in [0, 0.1) is 0 Å². The second kappa shape index (κ2) is 4.10. The molecule has 7 nitrogen and oxygen atoms in total. The number of anilines is 1. The van der Waals surface area contributed by atoms with Gasteiger partial charge in [0.15, 0.2) is 22.8 Å². The highest BCUT2D eigenvalue weighted by atomic mass is 35.5. The van der Waals surface area contributed by atoms with Gasteiger partial charge in [-0.1, -0.05) is 11.6 Å². The maximum atomic E-state index is 10.8. The summed E-state index contributed by atoms with van der Waals surface area (Å²) in [5.41, 5.74) is 6.09. The van der Waals surface area contributed by atoms with Crippen molar-refractivity contribution in [2.24, 2.45) is 9.98 Å². The van der Waals surface area contributed by atoms with Gasteiger partial charge >= 0.3 is 5.97 Å². The van der Waals surface area contributed by atoms with Gasteiger partial charge in [0.05, 0.1) is 5.71 Å². The molecule has 0 bridgehead atoms. The largest absolute Gasteiger partial charge is 0.476 e. The minimum absolute atomic E-state index is 0.0581. The molecular weight excluding hydrogens is 246 g/mol. The molecule has 2 rings (SSSR count). The normalized spacial score (nSPS) is 18.2. The Morgan fingerprint density at radius 1 is 1.53 bits per heavy atom. The van der Waals surface area contributed by atoms with E-state index in [1.54, 1.807) is 13.1 Å². The molecule has 0 saturated heterocycles. The monoisotopic (exact) mass is 253 g/mol. The summed E-state index contributed by atoms with van der Waals surface area (Å²) in [5.74, 6) is -1.48. The average molecular weight is 254 g/mol. The fourth-order valence-corrected chi connectivity index (χ4v) is 1.56. The van der Waals surface area contributed by atoms with Crippen LogP contribution in [0.2, 0.25) is 5.15 Å². The molecule has 1 aromatic rings. The third-order valence-electron chi connectivity index (χ3n) is 2.08. The Morgan fingerprint density at radius 3 is 2.76 bits per heavy atom. The molecule has 2 heterocycles. The zero-order valence-corrected chi connectivity index (χ0v) is 9.51. The van der Waals surface area contributed by atoms with Crippen molar-refractivity contribution < 1.29 is 9.90 Å². The minimum atomic E-state index is -1.28. The number of nitrogen functional groups attached to an aromatic ring is 1. The lowest BCUT2D eigenvalue weighted by Gasteiger charge is -2.08. The number of hydrogen-bond donors (Lipinski definition) is 2. The quantitative estimate of drug-likeness (QED) is 0.815. The van der Waals surface area contributed by atoms with E-state index < -0.39 is 12.1 Å². The van der Waals surface area contributed by atoms with E-state index in [4.69, 9.17) is 22.4 Å². The molecule has 1 aromatic heterocycles. The Balaban J connectivity index is 2.48. The maximum Gasteiger partial charge on any atom is 0.358 e. The second-order valence-electron chi connectivity index (χ2n) is 3.36. The lowest BCUT2D eigenvalue weighted by atomic mass is 10.3. The first kappa shape index (κ1) is 11.5. The Kier molecular flexibility index (Phi) is 2.76. The molecule has 88 valence electrons. The predicted octanol–water partition coefficient (Wildman–Crippen LogP) is 0.954. The molecule has 1 unspecified atom stereocenters. The van der Waals surface area contributed by atoms with Gasteiger partial charge in [-0.25, -0.2) is 14.8 Å². The van der Waals surface area contributed by atoms with Crippen LogP contribution in [0.5, 0.6) is 0 Å². The molecule has 0 fully saturated rings. The molecule has 0 aromatic carbocycles. The predicted molar refractivity (Wildman–Crippen MR) is 62.8 cm³/mol. The summed E-state index contributed by atoms with van der Waals surface area (Å²) in [5, 5.41) is 8.73. The number of carboxylic acids is 1. The molecule has 3 N–H and O–H groups in total. The van der Waals surface area contributed by atoms with Crippen molar-refractivity contribution >= 4 is 35.3 Å². The fraction of sp³-hybridized carbons (Fsp3) is 0.222. The lowest BCUT2D eigenvalue weighted by molar-refractivity contribution is 0.0691. The summed E-state index contributed by atoms with van der Waals surface area (Å²) in [6.07, 6.45) is 0.976. The molecule has 0 spiro atoms. The van der Waals surface area contributed by atoms with Crippen molar-refractivity contribution in [3.8, 4) is 0 Å².